The predicted molar refractivity (Wildman–Crippen MR) is 60.5 cm³/mol. The summed E-state index contributed by atoms with van der Waals surface area (Å²) in [5.41, 5.74) is 1.07. The van der Waals surface area contributed by atoms with E-state index in [4.69, 9.17) is 4.74 Å². The minimum Gasteiger partial charge on any atom is -0.480 e. The van der Waals surface area contributed by atoms with E-state index in [9.17, 15) is 5.11 Å². The molecule has 0 radical (unpaired) electrons. The molecule has 90 valence electrons. The number of nitrogens with zero attached hydrogens (tertiary/aromatic N) is 4. The summed E-state index contributed by atoms with van der Waals surface area (Å²) in [5.74, 6) is 0.323. The number of hydrogen-bond donors (Lipinski definition) is 1. The van der Waals surface area contributed by atoms with Gasteiger partial charge in [0.25, 0.3) is 0 Å². The molecule has 0 aliphatic rings. The molecule has 6 heteroatoms. The first-order chi connectivity index (χ1) is 8.27. The van der Waals surface area contributed by atoms with Crippen molar-refractivity contribution in [2.75, 3.05) is 7.11 Å². The van der Waals surface area contributed by atoms with E-state index >= 15 is 0 Å². The van der Waals surface area contributed by atoms with Gasteiger partial charge in [-0.2, -0.15) is 5.10 Å². The predicted octanol–water partition coefficient (Wildman–Crippen LogP) is 0.783. The second-order valence-electron chi connectivity index (χ2n) is 3.43. The lowest BCUT2D eigenvalue weighted by Gasteiger charge is -2.13. The van der Waals surface area contributed by atoms with Crippen LogP contribution in [0.2, 0.25) is 0 Å². The molecule has 17 heavy (non-hydrogen) atoms. The van der Waals surface area contributed by atoms with Gasteiger partial charge in [0.1, 0.15) is 11.8 Å². The van der Waals surface area contributed by atoms with Crippen LogP contribution in [-0.4, -0.2) is 32.0 Å². The van der Waals surface area contributed by atoms with Gasteiger partial charge < -0.3 is 9.84 Å². The van der Waals surface area contributed by atoms with Gasteiger partial charge >= 0.3 is 0 Å². The van der Waals surface area contributed by atoms with Crippen molar-refractivity contribution in [2.24, 2.45) is 0 Å². The van der Waals surface area contributed by atoms with Crippen LogP contribution in [0.3, 0.4) is 0 Å². The maximum atomic E-state index is 10.3. The van der Waals surface area contributed by atoms with Crippen LogP contribution in [-0.2, 0) is 6.54 Å². The molecular weight excluding hydrogens is 220 g/mol. The van der Waals surface area contributed by atoms with E-state index < -0.39 is 6.10 Å². The smallest absolute Gasteiger partial charge is 0.238 e. The number of ether oxygens (including phenoxy) is 1. The quantitative estimate of drug-likeness (QED) is 0.846. The van der Waals surface area contributed by atoms with Crippen LogP contribution in [0.15, 0.2) is 24.7 Å². The van der Waals surface area contributed by atoms with E-state index in [-0.39, 0.29) is 0 Å². The molecular formula is C11H14N4O2. The molecule has 1 atom stereocenters. The maximum absolute atomic E-state index is 10.3. The molecule has 2 heterocycles. The monoisotopic (exact) mass is 234 g/mol. The molecule has 6 nitrogen and oxygen atoms in total. The first-order valence-electron chi connectivity index (χ1n) is 5.32. The van der Waals surface area contributed by atoms with Crippen LogP contribution < -0.4 is 4.74 Å². The molecule has 0 spiro atoms. The Labute approximate surface area is 98.9 Å². The standard InChI is InChI=1S/C11H14N4O2/c1-3-15-8(4-5-14-15)10(16)9-11(17-2)13-7-6-12-9/h4-7,10,16H,3H2,1-2H3. The lowest BCUT2D eigenvalue weighted by atomic mass is 10.2. The van der Waals surface area contributed by atoms with Gasteiger partial charge in [-0.3, -0.25) is 9.67 Å². The third-order valence-corrected chi connectivity index (χ3v) is 2.47. The molecule has 0 aromatic carbocycles. The maximum Gasteiger partial charge on any atom is 0.238 e. The number of aliphatic hydroxyl groups is 1. The lowest BCUT2D eigenvalue weighted by molar-refractivity contribution is 0.196. The van der Waals surface area contributed by atoms with Gasteiger partial charge in [-0.1, -0.05) is 0 Å². The molecule has 1 unspecified atom stereocenters. The Kier molecular flexibility index (Phi) is 3.34. The lowest BCUT2D eigenvalue weighted by Crippen LogP contribution is -2.12. The third-order valence-electron chi connectivity index (χ3n) is 2.47. The first-order valence-corrected chi connectivity index (χ1v) is 5.32. The Balaban J connectivity index is 2.40. The van der Waals surface area contributed by atoms with Crippen molar-refractivity contribution in [2.45, 2.75) is 19.6 Å². The van der Waals surface area contributed by atoms with Crippen LogP contribution in [0.5, 0.6) is 5.88 Å². The molecule has 0 amide bonds. The number of aliphatic hydroxyl groups excluding tert-OH is 1. The second-order valence-corrected chi connectivity index (χ2v) is 3.43. The van der Waals surface area contributed by atoms with Crippen LogP contribution in [0, 0.1) is 0 Å². The van der Waals surface area contributed by atoms with Gasteiger partial charge in [0.2, 0.25) is 5.88 Å². The van der Waals surface area contributed by atoms with Crippen LogP contribution >= 0.6 is 0 Å². The summed E-state index contributed by atoms with van der Waals surface area (Å²) in [5, 5.41) is 14.4. The number of hydrogen-bond acceptors (Lipinski definition) is 5. The molecule has 0 saturated carbocycles. The van der Waals surface area contributed by atoms with E-state index in [1.54, 1.807) is 16.9 Å². The zero-order valence-corrected chi connectivity index (χ0v) is 9.74. The van der Waals surface area contributed by atoms with Gasteiger partial charge in [0.05, 0.1) is 12.8 Å². The third kappa shape index (κ3) is 2.12. The minimum atomic E-state index is -0.888. The topological polar surface area (TPSA) is 73.1 Å². The van der Waals surface area contributed by atoms with Gasteiger partial charge in [0, 0.05) is 25.1 Å². The zero-order valence-electron chi connectivity index (χ0n) is 9.74. The Morgan fingerprint density at radius 2 is 2.12 bits per heavy atom. The van der Waals surface area contributed by atoms with Crippen molar-refractivity contribution in [3.05, 3.63) is 36.0 Å². The summed E-state index contributed by atoms with van der Waals surface area (Å²) in [6.45, 7) is 2.64. The molecule has 0 saturated heterocycles. The number of aryl methyl sites for hydroxylation is 1. The van der Waals surface area contributed by atoms with E-state index in [2.05, 4.69) is 15.1 Å². The van der Waals surface area contributed by atoms with Gasteiger partial charge in [-0.15, -0.1) is 0 Å². The summed E-state index contributed by atoms with van der Waals surface area (Å²) in [7, 11) is 1.50. The normalized spacial score (nSPS) is 12.4. The summed E-state index contributed by atoms with van der Waals surface area (Å²) >= 11 is 0. The van der Waals surface area contributed by atoms with Crippen LogP contribution in [0.25, 0.3) is 0 Å². The Morgan fingerprint density at radius 1 is 1.35 bits per heavy atom. The fourth-order valence-electron chi connectivity index (χ4n) is 1.66. The van der Waals surface area contributed by atoms with Crippen LogP contribution in [0.4, 0.5) is 0 Å². The first kappa shape index (κ1) is 11.5. The highest BCUT2D eigenvalue weighted by atomic mass is 16.5. The molecule has 2 aromatic heterocycles. The molecule has 0 aliphatic heterocycles. The van der Waals surface area contributed by atoms with Crippen molar-refractivity contribution < 1.29 is 9.84 Å². The summed E-state index contributed by atoms with van der Waals surface area (Å²) in [6, 6.07) is 1.75. The Bertz CT molecular complexity index is 498. The van der Waals surface area contributed by atoms with Crippen molar-refractivity contribution >= 4 is 0 Å². The molecule has 0 aliphatic carbocycles. The fourth-order valence-corrected chi connectivity index (χ4v) is 1.66. The van der Waals surface area contributed by atoms with Crippen molar-refractivity contribution in [3.8, 4) is 5.88 Å². The van der Waals surface area contributed by atoms with Crippen molar-refractivity contribution in [1.82, 2.24) is 19.7 Å². The van der Waals surface area contributed by atoms with E-state index in [0.717, 1.165) is 0 Å². The molecule has 0 fully saturated rings. The zero-order chi connectivity index (χ0) is 12.3. The molecule has 2 aromatic rings. The Hall–Kier alpha value is -1.95. The highest BCUT2D eigenvalue weighted by molar-refractivity contribution is 5.26. The van der Waals surface area contributed by atoms with E-state index in [0.29, 0.717) is 23.8 Å². The van der Waals surface area contributed by atoms with Crippen LogP contribution in [0.1, 0.15) is 24.4 Å². The van der Waals surface area contributed by atoms with E-state index in [1.165, 1.54) is 19.5 Å². The summed E-state index contributed by atoms with van der Waals surface area (Å²) in [6.07, 6.45) is 3.80. The summed E-state index contributed by atoms with van der Waals surface area (Å²) in [4.78, 5) is 8.11. The number of methoxy groups -OCH3 is 1. The van der Waals surface area contributed by atoms with E-state index in [1.807, 2.05) is 6.92 Å². The fraction of sp³-hybridized carbons (Fsp3) is 0.364. The second kappa shape index (κ2) is 4.92. The largest absolute Gasteiger partial charge is 0.480 e. The van der Waals surface area contributed by atoms with Gasteiger partial charge in [0.15, 0.2) is 0 Å². The minimum absolute atomic E-state index is 0.323. The number of aromatic nitrogens is 4. The SMILES string of the molecule is CCn1nccc1C(O)c1nccnc1OC. The van der Waals surface area contributed by atoms with Gasteiger partial charge in [-0.05, 0) is 13.0 Å². The van der Waals surface area contributed by atoms with Crippen molar-refractivity contribution in [1.29, 1.82) is 0 Å². The highest BCUT2D eigenvalue weighted by Gasteiger charge is 2.20. The molecule has 1 N–H and O–H groups in total. The van der Waals surface area contributed by atoms with Gasteiger partial charge in [-0.25, -0.2) is 4.98 Å². The average Bonchev–Trinajstić information content (AvgIpc) is 2.86. The number of rotatable bonds is 4. The highest BCUT2D eigenvalue weighted by Crippen LogP contribution is 2.25. The summed E-state index contributed by atoms with van der Waals surface area (Å²) < 4.78 is 6.78. The molecule has 2 rings (SSSR count). The Morgan fingerprint density at radius 3 is 2.82 bits per heavy atom. The average molecular weight is 234 g/mol. The van der Waals surface area contributed by atoms with Crippen molar-refractivity contribution in [3.63, 3.8) is 0 Å². The molecule has 0 bridgehead atoms.